The Bertz CT molecular complexity index is 797. The zero-order valence-corrected chi connectivity index (χ0v) is 14.4. The second-order valence-electron chi connectivity index (χ2n) is 7.03. The van der Waals surface area contributed by atoms with Gasteiger partial charge in [-0.15, -0.1) is 0 Å². The Morgan fingerprint density at radius 3 is 3.12 bits per heavy atom. The van der Waals surface area contributed by atoms with E-state index in [2.05, 4.69) is 21.3 Å². The molecule has 1 spiro atoms. The topological polar surface area (TPSA) is 74.3 Å². The third kappa shape index (κ3) is 3.53. The first kappa shape index (κ1) is 16.1. The molecule has 2 unspecified atom stereocenters. The number of furan rings is 1. The summed E-state index contributed by atoms with van der Waals surface area (Å²) >= 11 is 0. The number of likely N-dealkylation sites (tertiary alicyclic amines) is 1. The maximum absolute atomic E-state index is 8.96. The minimum Gasteiger partial charge on any atom is -0.465 e. The van der Waals surface area contributed by atoms with Gasteiger partial charge in [0.2, 0.25) is 0 Å². The fourth-order valence-electron chi connectivity index (χ4n) is 3.86. The first-order chi connectivity index (χ1) is 12.1. The number of nitrogens with one attached hydrogen (secondary N) is 1. The van der Waals surface area contributed by atoms with Crippen molar-refractivity contribution < 1.29 is 9.15 Å². The number of hydrogen-bond acceptors (Lipinski definition) is 6. The maximum atomic E-state index is 8.96. The van der Waals surface area contributed by atoms with Crippen LogP contribution >= 0.6 is 0 Å². The van der Waals surface area contributed by atoms with Gasteiger partial charge in [0.05, 0.1) is 24.8 Å². The molecule has 2 saturated heterocycles. The zero-order valence-electron chi connectivity index (χ0n) is 14.4. The van der Waals surface area contributed by atoms with Gasteiger partial charge in [-0.2, -0.15) is 5.26 Å². The van der Waals surface area contributed by atoms with Crippen molar-refractivity contribution in [3.05, 3.63) is 47.5 Å². The Labute approximate surface area is 147 Å². The Morgan fingerprint density at radius 1 is 1.40 bits per heavy atom. The second kappa shape index (κ2) is 6.51. The SMILES string of the molecule is Cc1ccc(CN2CCC3(CC(Nc4cccc(C#N)n4)CO3)C2)o1. The molecule has 6 heteroatoms. The van der Waals surface area contributed by atoms with E-state index in [9.17, 15) is 0 Å². The number of aryl methyl sites for hydroxylation is 1. The number of ether oxygens (including phenoxy) is 1. The van der Waals surface area contributed by atoms with Crippen molar-refractivity contribution in [2.45, 2.75) is 38.0 Å². The molecule has 2 atom stereocenters. The van der Waals surface area contributed by atoms with Gasteiger partial charge in [-0.05, 0) is 37.6 Å². The minimum atomic E-state index is -0.0772. The summed E-state index contributed by atoms with van der Waals surface area (Å²) in [5, 5.41) is 12.4. The van der Waals surface area contributed by atoms with Crippen LogP contribution < -0.4 is 5.32 Å². The molecule has 6 nitrogen and oxygen atoms in total. The van der Waals surface area contributed by atoms with Gasteiger partial charge in [-0.1, -0.05) is 6.07 Å². The van der Waals surface area contributed by atoms with Crippen molar-refractivity contribution in [1.82, 2.24) is 9.88 Å². The standard InChI is InChI=1S/C19H22N4O2/c1-14-5-6-17(25-14)11-23-8-7-19(13-23)9-16(12-24-19)22-18-4-2-3-15(10-20)21-18/h2-6,16H,7-9,11-13H2,1H3,(H,21,22). The third-order valence-corrected chi connectivity index (χ3v) is 5.00. The molecular weight excluding hydrogens is 316 g/mol. The fourth-order valence-corrected chi connectivity index (χ4v) is 3.86. The molecule has 2 fully saturated rings. The van der Waals surface area contributed by atoms with Crippen LogP contribution in [0.5, 0.6) is 0 Å². The lowest BCUT2D eigenvalue weighted by Gasteiger charge is -2.23. The Morgan fingerprint density at radius 2 is 2.32 bits per heavy atom. The molecular formula is C19H22N4O2. The smallest absolute Gasteiger partial charge is 0.142 e. The highest BCUT2D eigenvalue weighted by atomic mass is 16.5. The molecule has 4 rings (SSSR count). The average molecular weight is 338 g/mol. The second-order valence-corrected chi connectivity index (χ2v) is 7.03. The zero-order chi connectivity index (χ0) is 17.3. The van der Waals surface area contributed by atoms with Crippen LogP contribution in [0.1, 0.15) is 30.1 Å². The van der Waals surface area contributed by atoms with Crippen molar-refractivity contribution in [2.75, 3.05) is 25.0 Å². The van der Waals surface area contributed by atoms with E-state index in [1.54, 1.807) is 6.07 Å². The van der Waals surface area contributed by atoms with Crippen molar-refractivity contribution in [3.8, 4) is 6.07 Å². The van der Waals surface area contributed by atoms with Crippen LogP contribution in [0.4, 0.5) is 5.82 Å². The first-order valence-corrected chi connectivity index (χ1v) is 8.69. The van der Waals surface area contributed by atoms with Gasteiger partial charge in [-0.25, -0.2) is 4.98 Å². The molecule has 2 aromatic rings. The van der Waals surface area contributed by atoms with E-state index in [0.717, 1.165) is 49.8 Å². The highest BCUT2D eigenvalue weighted by Crippen LogP contribution is 2.36. The minimum absolute atomic E-state index is 0.0772. The van der Waals surface area contributed by atoms with Crippen LogP contribution in [-0.4, -0.2) is 41.2 Å². The van der Waals surface area contributed by atoms with E-state index >= 15 is 0 Å². The molecule has 2 aliphatic rings. The van der Waals surface area contributed by atoms with Crippen LogP contribution in [0, 0.1) is 18.3 Å². The largest absolute Gasteiger partial charge is 0.465 e. The number of nitriles is 1. The van der Waals surface area contributed by atoms with Gasteiger partial charge in [0, 0.05) is 19.5 Å². The number of pyridine rings is 1. The lowest BCUT2D eigenvalue weighted by atomic mass is 9.97. The van der Waals surface area contributed by atoms with E-state index in [1.807, 2.05) is 31.2 Å². The summed E-state index contributed by atoms with van der Waals surface area (Å²) in [5.74, 6) is 2.71. The summed E-state index contributed by atoms with van der Waals surface area (Å²) in [7, 11) is 0. The van der Waals surface area contributed by atoms with Gasteiger partial charge in [0.1, 0.15) is 29.1 Å². The van der Waals surface area contributed by atoms with E-state index < -0.39 is 0 Å². The van der Waals surface area contributed by atoms with Crippen LogP contribution in [0.2, 0.25) is 0 Å². The van der Waals surface area contributed by atoms with Gasteiger partial charge < -0.3 is 14.5 Å². The van der Waals surface area contributed by atoms with Crippen molar-refractivity contribution >= 4 is 5.82 Å². The number of rotatable bonds is 4. The molecule has 4 heterocycles. The normalized spacial score (nSPS) is 26.2. The van der Waals surface area contributed by atoms with Gasteiger partial charge in [-0.3, -0.25) is 4.90 Å². The van der Waals surface area contributed by atoms with Gasteiger partial charge in [0.25, 0.3) is 0 Å². The summed E-state index contributed by atoms with van der Waals surface area (Å²) in [5.41, 5.74) is 0.353. The van der Waals surface area contributed by atoms with E-state index in [4.69, 9.17) is 14.4 Å². The Hall–Kier alpha value is -2.36. The van der Waals surface area contributed by atoms with Crippen molar-refractivity contribution in [2.24, 2.45) is 0 Å². The lowest BCUT2D eigenvalue weighted by molar-refractivity contribution is 0.0115. The molecule has 2 aromatic heterocycles. The van der Waals surface area contributed by atoms with Crippen LogP contribution in [0.3, 0.4) is 0 Å². The quantitative estimate of drug-likeness (QED) is 0.924. The molecule has 0 bridgehead atoms. The molecule has 130 valence electrons. The number of hydrogen-bond donors (Lipinski definition) is 1. The Kier molecular flexibility index (Phi) is 4.20. The highest BCUT2D eigenvalue weighted by molar-refractivity contribution is 5.39. The number of nitrogens with zero attached hydrogens (tertiary/aromatic N) is 3. The summed E-state index contributed by atoms with van der Waals surface area (Å²) in [6.45, 7) is 5.43. The lowest BCUT2D eigenvalue weighted by Crippen LogP contribution is -2.33. The van der Waals surface area contributed by atoms with Crippen LogP contribution in [-0.2, 0) is 11.3 Å². The fraction of sp³-hybridized carbons (Fsp3) is 0.474. The molecule has 0 radical (unpaired) electrons. The Balaban J connectivity index is 1.35. The van der Waals surface area contributed by atoms with E-state index in [1.165, 1.54) is 0 Å². The van der Waals surface area contributed by atoms with Crippen molar-refractivity contribution in [1.29, 1.82) is 5.26 Å². The predicted octanol–water partition coefficient (Wildman–Crippen LogP) is 2.70. The highest BCUT2D eigenvalue weighted by Gasteiger charge is 2.45. The maximum Gasteiger partial charge on any atom is 0.142 e. The first-order valence-electron chi connectivity index (χ1n) is 8.69. The number of aromatic nitrogens is 1. The average Bonchev–Trinajstić information content (AvgIpc) is 3.31. The molecule has 2 aliphatic heterocycles. The van der Waals surface area contributed by atoms with Gasteiger partial charge >= 0.3 is 0 Å². The van der Waals surface area contributed by atoms with Crippen LogP contribution in [0.15, 0.2) is 34.7 Å². The molecule has 0 saturated carbocycles. The third-order valence-electron chi connectivity index (χ3n) is 5.00. The molecule has 0 aliphatic carbocycles. The molecule has 25 heavy (non-hydrogen) atoms. The summed E-state index contributed by atoms with van der Waals surface area (Å²) in [6, 6.07) is 11.8. The van der Waals surface area contributed by atoms with Crippen LogP contribution in [0.25, 0.3) is 0 Å². The van der Waals surface area contributed by atoms with Gasteiger partial charge in [0.15, 0.2) is 0 Å². The monoisotopic (exact) mass is 338 g/mol. The molecule has 1 N–H and O–H groups in total. The van der Waals surface area contributed by atoms with Crippen molar-refractivity contribution in [3.63, 3.8) is 0 Å². The summed E-state index contributed by atoms with van der Waals surface area (Å²) < 4.78 is 11.9. The predicted molar refractivity (Wildman–Crippen MR) is 93.0 cm³/mol. The molecule has 0 aromatic carbocycles. The summed E-state index contributed by atoms with van der Waals surface area (Å²) in [6.07, 6.45) is 2.00. The summed E-state index contributed by atoms with van der Waals surface area (Å²) in [4.78, 5) is 6.69. The molecule has 0 amide bonds. The van der Waals surface area contributed by atoms with E-state index in [0.29, 0.717) is 12.3 Å². The number of anilines is 1. The van der Waals surface area contributed by atoms with E-state index in [-0.39, 0.29) is 11.6 Å².